The van der Waals surface area contributed by atoms with E-state index >= 15 is 0 Å². The van der Waals surface area contributed by atoms with Gasteiger partial charge in [0, 0.05) is 30.7 Å². The lowest BCUT2D eigenvalue weighted by Gasteiger charge is -2.32. The number of hydrogen-bond donors (Lipinski definition) is 1. The van der Waals surface area contributed by atoms with Crippen LogP contribution in [0.5, 0.6) is 0 Å². The van der Waals surface area contributed by atoms with Crippen molar-refractivity contribution >= 4 is 18.5 Å². The maximum absolute atomic E-state index is 13.1. The van der Waals surface area contributed by atoms with Crippen LogP contribution >= 0.6 is 12.6 Å². The Morgan fingerprint density at radius 3 is 3.00 bits per heavy atom. The van der Waals surface area contributed by atoms with Crippen LogP contribution in [-0.4, -0.2) is 37.1 Å². The second-order valence-corrected chi connectivity index (χ2v) is 4.90. The van der Waals surface area contributed by atoms with Crippen molar-refractivity contribution in [2.24, 2.45) is 0 Å². The molecule has 1 aliphatic rings. The molecule has 1 aliphatic heterocycles. The summed E-state index contributed by atoms with van der Waals surface area (Å²) in [5.41, 5.74) is 0.471. The Balaban J connectivity index is 2.12. The number of rotatable bonds is 2. The molecule has 0 saturated carbocycles. The minimum absolute atomic E-state index is 0.0907. The quantitative estimate of drug-likeness (QED) is 0.835. The van der Waals surface area contributed by atoms with E-state index in [-0.39, 0.29) is 16.9 Å². The molecule has 5 heteroatoms. The number of methoxy groups -OCH3 is 1. The van der Waals surface area contributed by atoms with Gasteiger partial charge in [0.25, 0.3) is 5.91 Å². The average Bonchev–Trinajstić information content (AvgIpc) is 2.41. The lowest BCUT2D eigenvalue weighted by atomic mass is 10.1. The molecule has 18 heavy (non-hydrogen) atoms. The standard InChI is InChI=1S/C13H16FNO2S/c1-17-10-3-2-6-15(8-10)13(16)9-4-5-11(14)12(18)7-9/h4-5,7,10,18H,2-3,6,8H2,1H3. The Kier molecular flexibility index (Phi) is 4.24. The monoisotopic (exact) mass is 269 g/mol. The van der Waals surface area contributed by atoms with Crippen molar-refractivity contribution in [2.75, 3.05) is 20.2 Å². The van der Waals surface area contributed by atoms with E-state index in [0.29, 0.717) is 12.1 Å². The van der Waals surface area contributed by atoms with Crippen molar-refractivity contribution in [3.05, 3.63) is 29.6 Å². The first-order chi connectivity index (χ1) is 8.61. The molecule has 1 saturated heterocycles. The van der Waals surface area contributed by atoms with Crippen molar-refractivity contribution < 1.29 is 13.9 Å². The summed E-state index contributed by atoms with van der Waals surface area (Å²) in [5.74, 6) is -0.504. The van der Waals surface area contributed by atoms with E-state index in [9.17, 15) is 9.18 Å². The summed E-state index contributed by atoms with van der Waals surface area (Å²) in [6, 6.07) is 4.23. The molecular formula is C13H16FNO2S. The van der Waals surface area contributed by atoms with Gasteiger partial charge in [-0.3, -0.25) is 4.79 Å². The highest BCUT2D eigenvalue weighted by atomic mass is 32.1. The van der Waals surface area contributed by atoms with E-state index in [0.717, 1.165) is 19.4 Å². The van der Waals surface area contributed by atoms with Crippen molar-refractivity contribution in [1.82, 2.24) is 4.90 Å². The molecule has 0 N–H and O–H groups in total. The Labute approximate surface area is 111 Å². The number of piperidine rings is 1. The minimum Gasteiger partial charge on any atom is -0.380 e. The molecule has 98 valence electrons. The summed E-state index contributed by atoms with van der Waals surface area (Å²) in [4.78, 5) is 14.2. The first kappa shape index (κ1) is 13.4. The number of carbonyl (C=O) groups is 1. The van der Waals surface area contributed by atoms with Crippen LogP contribution in [0.15, 0.2) is 23.1 Å². The summed E-state index contributed by atoms with van der Waals surface area (Å²) < 4.78 is 18.4. The first-order valence-electron chi connectivity index (χ1n) is 5.92. The highest BCUT2D eigenvalue weighted by Gasteiger charge is 2.24. The predicted molar refractivity (Wildman–Crippen MR) is 69.6 cm³/mol. The van der Waals surface area contributed by atoms with Crippen LogP contribution in [0.3, 0.4) is 0 Å². The number of ether oxygens (including phenoxy) is 1. The van der Waals surface area contributed by atoms with Gasteiger partial charge in [0.2, 0.25) is 0 Å². The van der Waals surface area contributed by atoms with Crippen LogP contribution in [0.1, 0.15) is 23.2 Å². The molecule has 0 radical (unpaired) electrons. The summed E-state index contributed by atoms with van der Waals surface area (Å²) >= 11 is 3.99. The Hall–Kier alpha value is -1.07. The van der Waals surface area contributed by atoms with Gasteiger partial charge in [-0.15, -0.1) is 12.6 Å². The molecule has 1 heterocycles. The average molecular weight is 269 g/mol. The lowest BCUT2D eigenvalue weighted by molar-refractivity contribution is 0.0268. The fourth-order valence-corrected chi connectivity index (χ4v) is 2.36. The van der Waals surface area contributed by atoms with Crippen LogP contribution in [0.2, 0.25) is 0 Å². The topological polar surface area (TPSA) is 29.5 Å². The van der Waals surface area contributed by atoms with Gasteiger partial charge < -0.3 is 9.64 Å². The summed E-state index contributed by atoms with van der Waals surface area (Å²) in [7, 11) is 1.66. The van der Waals surface area contributed by atoms with Gasteiger partial charge in [-0.1, -0.05) is 0 Å². The molecule has 1 atom stereocenters. The van der Waals surface area contributed by atoms with Crippen molar-refractivity contribution in [1.29, 1.82) is 0 Å². The molecular weight excluding hydrogens is 253 g/mol. The Morgan fingerprint density at radius 2 is 2.33 bits per heavy atom. The second-order valence-electron chi connectivity index (χ2n) is 4.42. The van der Waals surface area contributed by atoms with E-state index in [1.54, 1.807) is 12.0 Å². The smallest absolute Gasteiger partial charge is 0.253 e. The van der Waals surface area contributed by atoms with E-state index in [4.69, 9.17) is 4.74 Å². The third-order valence-electron chi connectivity index (χ3n) is 3.19. The van der Waals surface area contributed by atoms with Crippen LogP contribution in [0.4, 0.5) is 4.39 Å². The number of thiol groups is 1. The highest BCUT2D eigenvalue weighted by molar-refractivity contribution is 7.80. The van der Waals surface area contributed by atoms with Gasteiger partial charge in [0.1, 0.15) is 5.82 Å². The summed E-state index contributed by atoms with van der Waals surface area (Å²) in [6.07, 6.45) is 2.00. The Morgan fingerprint density at radius 1 is 1.56 bits per heavy atom. The molecule has 1 aromatic carbocycles. The zero-order chi connectivity index (χ0) is 13.1. The molecule has 3 nitrogen and oxygen atoms in total. The molecule has 1 unspecified atom stereocenters. The summed E-state index contributed by atoms with van der Waals surface area (Å²) in [6.45, 7) is 1.31. The van der Waals surface area contributed by atoms with Gasteiger partial charge >= 0.3 is 0 Å². The molecule has 0 aliphatic carbocycles. The first-order valence-corrected chi connectivity index (χ1v) is 6.37. The molecule has 2 rings (SSSR count). The van der Waals surface area contributed by atoms with Crippen LogP contribution in [0.25, 0.3) is 0 Å². The van der Waals surface area contributed by atoms with Crippen molar-refractivity contribution in [3.63, 3.8) is 0 Å². The molecule has 0 bridgehead atoms. The van der Waals surface area contributed by atoms with E-state index in [1.165, 1.54) is 18.2 Å². The van der Waals surface area contributed by atoms with Crippen LogP contribution < -0.4 is 0 Å². The van der Waals surface area contributed by atoms with Crippen molar-refractivity contribution in [2.45, 2.75) is 23.8 Å². The molecule has 1 aromatic rings. The van der Waals surface area contributed by atoms with E-state index in [2.05, 4.69) is 12.6 Å². The predicted octanol–water partition coefficient (Wildman–Crippen LogP) is 2.37. The number of nitrogens with zero attached hydrogens (tertiary/aromatic N) is 1. The van der Waals surface area contributed by atoms with E-state index in [1.807, 2.05) is 0 Å². The van der Waals surface area contributed by atoms with Gasteiger partial charge in [0.05, 0.1) is 6.10 Å². The number of halogens is 1. The third-order valence-corrected chi connectivity index (χ3v) is 3.53. The van der Waals surface area contributed by atoms with Gasteiger partial charge in [-0.2, -0.15) is 0 Å². The van der Waals surface area contributed by atoms with Gasteiger partial charge in [-0.05, 0) is 31.0 Å². The fraction of sp³-hybridized carbons (Fsp3) is 0.462. The molecule has 1 fully saturated rings. The zero-order valence-electron chi connectivity index (χ0n) is 10.2. The molecule has 0 aromatic heterocycles. The lowest BCUT2D eigenvalue weighted by Crippen LogP contribution is -2.42. The zero-order valence-corrected chi connectivity index (χ0v) is 11.1. The van der Waals surface area contributed by atoms with Crippen LogP contribution in [0, 0.1) is 5.82 Å². The van der Waals surface area contributed by atoms with E-state index < -0.39 is 5.82 Å². The Bertz CT molecular complexity index is 453. The number of hydrogen-bond acceptors (Lipinski definition) is 3. The maximum Gasteiger partial charge on any atom is 0.253 e. The normalized spacial score (nSPS) is 19.9. The number of carbonyl (C=O) groups excluding carboxylic acids is 1. The molecule has 0 spiro atoms. The largest absolute Gasteiger partial charge is 0.380 e. The number of amides is 1. The fourth-order valence-electron chi connectivity index (χ4n) is 2.14. The third kappa shape index (κ3) is 2.84. The van der Waals surface area contributed by atoms with Crippen molar-refractivity contribution in [3.8, 4) is 0 Å². The summed E-state index contributed by atoms with van der Waals surface area (Å²) in [5, 5.41) is 0. The highest BCUT2D eigenvalue weighted by Crippen LogP contribution is 2.19. The molecule has 1 amide bonds. The second kappa shape index (κ2) is 5.71. The number of likely N-dealkylation sites (tertiary alicyclic amines) is 1. The SMILES string of the molecule is COC1CCCN(C(=O)c2ccc(F)c(S)c2)C1. The van der Waals surface area contributed by atoms with Gasteiger partial charge in [-0.25, -0.2) is 4.39 Å². The number of benzene rings is 1. The minimum atomic E-state index is -0.414. The van der Waals surface area contributed by atoms with Crippen LogP contribution in [-0.2, 0) is 4.74 Å². The van der Waals surface area contributed by atoms with Gasteiger partial charge in [0.15, 0.2) is 0 Å². The maximum atomic E-state index is 13.1.